The van der Waals surface area contributed by atoms with Crippen LogP contribution in [-0.2, 0) is 4.79 Å². The van der Waals surface area contributed by atoms with Crippen molar-refractivity contribution in [1.29, 1.82) is 0 Å². The lowest BCUT2D eigenvalue weighted by molar-refractivity contribution is -0.176. The number of aliphatic hydroxyl groups excluding tert-OH is 1. The molecule has 1 N–H and O–H groups in total. The number of carbonyl (C=O) groups is 1. The molecule has 2 nitrogen and oxygen atoms in total. The number of fused-ring (bicyclic) bond motifs is 5. The fourth-order valence-electron chi connectivity index (χ4n) is 12.5. The zero-order valence-corrected chi connectivity index (χ0v) is 32.4. The smallest absolute Gasteiger partial charge is 0.139 e. The molecule has 0 radical (unpaired) electrons. The summed E-state index contributed by atoms with van der Waals surface area (Å²) >= 11 is 0. The van der Waals surface area contributed by atoms with Crippen molar-refractivity contribution >= 4 is 5.78 Å². The number of hydrogen-bond acceptors (Lipinski definition) is 2. The molecule has 4 saturated carbocycles. The van der Waals surface area contributed by atoms with Crippen LogP contribution in [0.5, 0.6) is 0 Å². The second-order valence-corrected chi connectivity index (χ2v) is 18.5. The standard InChI is InChI=1S/C45H80O2/c1-7-8-9-10-11-12-13-14-15-16-17-18-19-20-21-25-41(46)43-42(47)31-27-36-26-28-37-39-30-29-38(35(4)24-22-23-34(2)3)44(39,5)33-32-40(37)45(36,43)6/h14-15,34-40,42-43,47H,7-13,16-33H2,1-6H3/b15-14-/t35-,36?,37+,38-,39+,40+,42?,43?,44-,45+/m1/s1. The summed E-state index contributed by atoms with van der Waals surface area (Å²) in [5.41, 5.74) is 0.486. The van der Waals surface area contributed by atoms with Crippen LogP contribution < -0.4 is 0 Å². The van der Waals surface area contributed by atoms with Gasteiger partial charge in [0.05, 0.1) is 6.10 Å². The molecule has 4 aliphatic rings. The lowest BCUT2D eigenvalue weighted by atomic mass is 9.41. The zero-order valence-electron chi connectivity index (χ0n) is 32.4. The van der Waals surface area contributed by atoms with Crippen LogP contribution in [0.4, 0.5) is 0 Å². The minimum Gasteiger partial charge on any atom is -0.392 e. The second-order valence-electron chi connectivity index (χ2n) is 18.5. The van der Waals surface area contributed by atoms with E-state index in [0.717, 1.165) is 48.9 Å². The maximum Gasteiger partial charge on any atom is 0.139 e. The molecule has 10 atom stereocenters. The van der Waals surface area contributed by atoms with Crippen LogP contribution in [0.15, 0.2) is 12.2 Å². The molecule has 4 rings (SSSR count). The first kappa shape index (κ1) is 39.2. The highest BCUT2D eigenvalue weighted by Gasteiger charge is 2.64. The van der Waals surface area contributed by atoms with E-state index >= 15 is 0 Å². The number of Topliss-reactive ketones (excluding diaryl/α,β-unsaturated/α-hetero) is 1. The predicted octanol–water partition coefficient (Wildman–Crippen LogP) is 13.3. The molecule has 2 heteroatoms. The molecule has 0 amide bonds. The fourth-order valence-corrected chi connectivity index (χ4v) is 12.5. The molecule has 0 saturated heterocycles. The monoisotopic (exact) mass is 653 g/mol. The van der Waals surface area contributed by atoms with Crippen LogP contribution in [0.3, 0.4) is 0 Å². The third kappa shape index (κ3) is 9.79. The Hall–Kier alpha value is -0.630. The SMILES string of the molecule is CCCCCCCC/C=C\CCCCCCCC(=O)C1C(O)CCC2CC[C@@H]3[C@H](CC[C@]4(C)[C@@H]([C@H](C)CCCC(C)C)CC[C@@H]34)[C@]21C. The molecule has 0 spiro atoms. The molecule has 3 unspecified atom stereocenters. The molecule has 272 valence electrons. The van der Waals surface area contributed by atoms with Crippen LogP contribution in [0.2, 0.25) is 0 Å². The fraction of sp³-hybridized carbons (Fsp3) is 0.933. The number of allylic oxidation sites excluding steroid dienone is 2. The topological polar surface area (TPSA) is 37.3 Å². The number of rotatable bonds is 21. The predicted molar refractivity (Wildman–Crippen MR) is 202 cm³/mol. The lowest BCUT2D eigenvalue weighted by Gasteiger charge is -2.63. The largest absolute Gasteiger partial charge is 0.392 e. The summed E-state index contributed by atoms with van der Waals surface area (Å²) in [6.45, 7) is 14.8. The summed E-state index contributed by atoms with van der Waals surface area (Å²) in [6, 6.07) is 0. The molecule has 47 heavy (non-hydrogen) atoms. The third-order valence-corrected chi connectivity index (χ3v) is 15.1. The van der Waals surface area contributed by atoms with E-state index in [4.69, 9.17) is 0 Å². The van der Waals surface area contributed by atoms with Gasteiger partial charge in [-0.25, -0.2) is 0 Å². The molecule has 4 fully saturated rings. The highest BCUT2D eigenvalue weighted by Crippen LogP contribution is 2.69. The van der Waals surface area contributed by atoms with Gasteiger partial charge in [-0.1, -0.05) is 124 Å². The van der Waals surface area contributed by atoms with Gasteiger partial charge in [0, 0.05) is 12.3 Å². The Morgan fingerprint density at radius 3 is 2.04 bits per heavy atom. The number of aliphatic hydroxyl groups is 1. The quantitative estimate of drug-likeness (QED) is 0.0989. The molecular weight excluding hydrogens is 572 g/mol. The number of ketones is 1. The summed E-state index contributed by atoms with van der Waals surface area (Å²) in [5, 5.41) is 11.5. The van der Waals surface area contributed by atoms with Crippen molar-refractivity contribution in [2.45, 2.75) is 208 Å². The number of unbranched alkanes of at least 4 members (excludes halogenated alkanes) is 11. The Kier molecular flexibility index (Phi) is 15.9. The van der Waals surface area contributed by atoms with Gasteiger partial charge in [0.2, 0.25) is 0 Å². The van der Waals surface area contributed by atoms with Gasteiger partial charge in [0.15, 0.2) is 0 Å². The Labute approximate surface area is 293 Å². The van der Waals surface area contributed by atoms with Gasteiger partial charge in [-0.15, -0.1) is 0 Å². The van der Waals surface area contributed by atoms with Gasteiger partial charge in [-0.2, -0.15) is 0 Å². The number of hydrogen-bond donors (Lipinski definition) is 1. The minimum absolute atomic E-state index is 0.00179. The third-order valence-electron chi connectivity index (χ3n) is 15.1. The van der Waals surface area contributed by atoms with Crippen LogP contribution in [-0.4, -0.2) is 17.0 Å². The summed E-state index contributed by atoms with van der Waals surface area (Å²) < 4.78 is 0. The van der Waals surface area contributed by atoms with Gasteiger partial charge in [0.1, 0.15) is 5.78 Å². The average molecular weight is 653 g/mol. The highest BCUT2D eigenvalue weighted by atomic mass is 16.3. The van der Waals surface area contributed by atoms with E-state index in [1.807, 2.05) is 0 Å². The normalized spacial score (nSPS) is 36.0. The van der Waals surface area contributed by atoms with E-state index in [2.05, 4.69) is 53.7 Å². The lowest BCUT2D eigenvalue weighted by Crippen LogP contribution is -2.60. The molecule has 0 heterocycles. The Balaban J connectivity index is 1.24. The molecule has 0 bridgehead atoms. The van der Waals surface area contributed by atoms with Gasteiger partial charge in [0.25, 0.3) is 0 Å². The van der Waals surface area contributed by atoms with Gasteiger partial charge in [-0.05, 0) is 136 Å². The van der Waals surface area contributed by atoms with Crippen molar-refractivity contribution in [3.05, 3.63) is 12.2 Å². The first-order valence-corrected chi connectivity index (χ1v) is 21.5. The zero-order chi connectivity index (χ0) is 33.9. The summed E-state index contributed by atoms with van der Waals surface area (Å²) in [6.07, 6.45) is 36.1. The molecular formula is C45H80O2. The van der Waals surface area contributed by atoms with E-state index in [-0.39, 0.29) is 11.3 Å². The highest BCUT2D eigenvalue weighted by molar-refractivity contribution is 5.82. The van der Waals surface area contributed by atoms with Crippen molar-refractivity contribution < 1.29 is 9.90 Å². The van der Waals surface area contributed by atoms with E-state index in [1.165, 1.54) is 135 Å². The number of carbonyl (C=O) groups excluding carboxylic acids is 1. The average Bonchev–Trinajstić information content (AvgIpc) is 3.39. The van der Waals surface area contributed by atoms with Gasteiger partial charge < -0.3 is 5.11 Å². The van der Waals surface area contributed by atoms with Crippen LogP contribution in [0.25, 0.3) is 0 Å². The van der Waals surface area contributed by atoms with Crippen molar-refractivity contribution in [2.75, 3.05) is 0 Å². The molecule has 0 aromatic carbocycles. The van der Waals surface area contributed by atoms with Gasteiger partial charge in [-0.3, -0.25) is 4.79 Å². The second kappa shape index (κ2) is 19.1. The van der Waals surface area contributed by atoms with Crippen molar-refractivity contribution in [2.24, 2.45) is 58.2 Å². The van der Waals surface area contributed by atoms with Gasteiger partial charge >= 0.3 is 0 Å². The summed E-state index contributed by atoms with van der Waals surface area (Å²) in [4.78, 5) is 14.1. The summed E-state index contributed by atoms with van der Waals surface area (Å²) in [5.74, 6) is 5.69. The van der Waals surface area contributed by atoms with Crippen LogP contribution >= 0.6 is 0 Å². The van der Waals surface area contributed by atoms with E-state index in [9.17, 15) is 9.90 Å². The maximum absolute atomic E-state index is 14.1. The molecule has 0 aliphatic heterocycles. The van der Waals surface area contributed by atoms with Crippen LogP contribution in [0.1, 0.15) is 202 Å². The first-order valence-electron chi connectivity index (χ1n) is 21.5. The van der Waals surface area contributed by atoms with Crippen molar-refractivity contribution in [1.82, 2.24) is 0 Å². The van der Waals surface area contributed by atoms with E-state index < -0.39 is 6.10 Å². The van der Waals surface area contributed by atoms with Crippen LogP contribution in [0, 0.1) is 58.2 Å². The van der Waals surface area contributed by atoms with Crippen molar-refractivity contribution in [3.8, 4) is 0 Å². The van der Waals surface area contributed by atoms with E-state index in [1.54, 1.807) is 0 Å². The summed E-state index contributed by atoms with van der Waals surface area (Å²) in [7, 11) is 0. The Morgan fingerprint density at radius 2 is 1.36 bits per heavy atom. The van der Waals surface area contributed by atoms with Crippen molar-refractivity contribution in [3.63, 3.8) is 0 Å². The Morgan fingerprint density at radius 1 is 0.723 bits per heavy atom. The first-order chi connectivity index (χ1) is 22.6. The maximum atomic E-state index is 14.1. The minimum atomic E-state index is -0.420. The Bertz CT molecular complexity index is 936. The molecule has 0 aromatic heterocycles. The van der Waals surface area contributed by atoms with E-state index in [0.29, 0.717) is 29.5 Å². The molecule has 0 aromatic rings. The molecule has 4 aliphatic carbocycles.